The molecule has 0 aliphatic carbocycles. The molecule has 2 N–H and O–H groups in total. The van der Waals surface area contributed by atoms with Gasteiger partial charge in [-0.15, -0.1) is 0 Å². The van der Waals surface area contributed by atoms with Gasteiger partial charge in [0.15, 0.2) is 0 Å². The van der Waals surface area contributed by atoms with Crippen LogP contribution in [0.5, 0.6) is 0 Å². The maximum atomic E-state index is 13.1. The van der Waals surface area contributed by atoms with Gasteiger partial charge in [0.1, 0.15) is 24.3 Å². The van der Waals surface area contributed by atoms with Gasteiger partial charge in [-0.2, -0.15) is 0 Å². The lowest BCUT2D eigenvalue weighted by Gasteiger charge is -2.25. The number of hydrogen-bond donors (Lipinski definition) is 2. The molecule has 0 radical (unpaired) electrons. The van der Waals surface area contributed by atoms with Crippen LogP contribution < -0.4 is 10.6 Å². The molecule has 2 aromatic carbocycles. The van der Waals surface area contributed by atoms with Gasteiger partial charge < -0.3 is 24.8 Å². The molecule has 2 rings (SSSR count). The number of carbonyl (C=O) groups excluding carboxylic acids is 4. The van der Waals surface area contributed by atoms with Gasteiger partial charge in [0.25, 0.3) is 0 Å². The van der Waals surface area contributed by atoms with Gasteiger partial charge in [0.05, 0.1) is 7.11 Å². The Morgan fingerprint density at radius 3 is 1.97 bits per heavy atom. The van der Waals surface area contributed by atoms with E-state index in [-0.39, 0.29) is 25.9 Å². The zero-order valence-corrected chi connectivity index (χ0v) is 21.1. The fourth-order valence-corrected chi connectivity index (χ4v) is 3.25. The van der Waals surface area contributed by atoms with Gasteiger partial charge in [0.2, 0.25) is 5.91 Å². The summed E-state index contributed by atoms with van der Waals surface area (Å²) in [5.74, 6) is -1.81. The zero-order chi connectivity index (χ0) is 26.6. The second-order valence-corrected chi connectivity index (χ2v) is 9.16. The van der Waals surface area contributed by atoms with E-state index >= 15 is 0 Å². The molecule has 2 amide bonds. The highest BCUT2D eigenvalue weighted by Crippen LogP contribution is 2.10. The van der Waals surface area contributed by atoms with E-state index in [4.69, 9.17) is 14.2 Å². The number of benzene rings is 2. The molecule has 0 unspecified atom stereocenters. The third-order valence-electron chi connectivity index (χ3n) is 4.97. The number of nitrogens with one attached hydrogen (secondary N) is 2. The van der Waals surface area contributed by atoms with Crippen LogP contribution in [0.25, 0.3) is 0 Å². The maximum absolute atomic E-state index is 13.1. The second kappa shape index (κ2) is 13.9. The number of rotatable bonds is 11. The lowest BCUT2D eigenvalue weighted by molar-refractivity contribution is -0.146. The Morgan fingerprint density at radius 1 is 0.833 bits per heavy atom. The Morgan fingerprint density at radius 2 is 1.42 bits per heavy atom. The molecular weight excluding hydrogens is 464 g/mol. The maximum Gasteiger partial charge on any atom is 0.408 e. The SMILES string of the molecule is COC(=O)[C@H](Cc1ccccc1)NC(=O)[C@H](CCC(=O)OCc1ccccc1)NC(=O)OC(C)(C)C. The average Bonchev–Trinajstić information content (AvgIpc) is 2.84. The number of carbonyl (C=O) groups is 4. The molecule has 0 heterocycles. The van der Waals surface area contributed by atoms with Gasteiger partial charge in [0, 0.05) is 12.8 Å². The van der Waals surface area contributed by atoms with Crippen LogP contribution in [0, 0.1) is 0 Å². The Labute approximate surface area is 211 Å². The minimum atomic E-state index is -1.15. The summed E-state index contributed by atoms with van der Waals surface area (Å²) in [6, 6.07) is 16.2. The van der Waals surface area contributed by atoms with E-state index in [0.29, 0.717) is 0 Å². The molecule has 0 spiro atoms. The van der Waals surface area contributed by atoms with Crippen LogP contribution in [0.3, 0.4) is 0 Å². The van der Waals surface area contributed by atoms with Crippen LogP contribution in [-0.4, -0.2) is 48.7 Å². The minimum Gasteiger partial charge on any atom is -0.467 e. The molecular formula is C27H34N2O7. The van der Waals surface area contributed by atoms with E-state index in [9.17, 15) is 19.2 Å². The van der Waals surface area contributed by atoms with Crippen LogP contribution >= 0.6 is 0 Å². The average molecular weight is 499 g/mol. The van der Waals surface area contributed by atoms with Crippen molar-refractivity contribution in [3.8, 4) is 0 Å². The van der Waals surface area contributed by atoms with E-state index < -0.39 is 41.6 Å². The summed E-state index contributed by atoms with van der Waals surface area (Å²) >= 11 is 0. The topological polar surface area (TPSA) is 120 Å². The van der Waals surface area contributed by atoms with Crippen LogP contribution in [-0.2, 0) is 41.6 Å². The fourth-order valence-electron chi connectivity index (χ4n) is 3.25. The summed E-state index contributed by atoms with van der Waals surface area (Å²) < 4.78 is 15.4. The first-order valence-corrected chi connectivity index (χ1v) is 11.7. The normalized spacial score (nSPS) is 12.6. The number of alkyl carbamates (subject to hydrolysis) is 1. The molecule has 0 aromatic heterocycles. The first-order valence-electron chi connectivity index (χ1n) is 11.7. The molecule has 2 aromatic rings. The number of methoxy groups -OCH3 is 1. The molecule has 9 heteroatoms. The van der Waals surface area contributed by atoms with Gasteiger partial charge >= 0.3 is 18.0 Å². The van der Waals surface area contributed by atoms with Gasteiger partial charge in [-0.25, -0.2) is 9.59 Å². The van der Waals surface area contributed by atoms with Gasteiger partial charge in [-0.1, -0.05) is 60.7 Å². The van der Waals surface area contributed by atoms with Crippen molar-refractivity contribution in [2.45, 2.75) is 64.3 Å². The third-order valence-corrected chi connectivity index (χ3v) is 4.97. The van der Waals surface area contributed by atoms with Crippen molar-refractivity contribution in [3.63, 3.8) is 0 Å². The highest BCUT2D eigenvalue weighted by Gasteiger charge is 2.29. The molecule has 36 heavy (non-hydrogen) atoms. The van der Waals surface area contributed by atoms with Crippen LogP contribution in [0.2, 0.25) is 0 Å². The Balaban J connectivity index is 2.06. The molecule has 2 atom stereocenters. The molecule has 0 aliphatic rings. The highest BCUT2D eigenvalue weighted by atomic mass is 16.6. The first kappa shape index (κ1) is 28.4. The largest absolute Gasteiger partial charge is 0.467 e. The summed E-state index contributed by atoms with van der Waals surface area (Å²) in [5, 5.41) is 5.13. The first-order chi connectivity index (χ1) is 17.1. The highest BCUT2D eigenvalue weighted by molar-refractivity contribution is 5.90. The fraction of sp³-hybridized carbons (Fsp3) is 0.407. The Bertz CT molecular complexity index is 1000. The number of ether oxygens (including phenoxy) is 3. The lowest BCUT2D eigenvalue weighted by Crippen LogP contribution is -2.53. The third kappa shape index (κ3) is 10.6. The summed E-state index contributed by atoms with van der Waals surface area (Å²) in [7, 11) is 1.23. The number of hydrogen-bond acceptors (Lipinski definition) is 7. The summed E-state index contributed by atoms with van der Waals surface area (Å²) in [4.78, 5) is 50.1. The molecule has 0 bridgehead atoms. The Kier molecular flexibility index (Phi) is 10.9. The van der Waals surface area contributed by atoms with Crippen molar-refractivity contribution < 1.29 is 33.4 Å². The minimum absolute atomic E-state index is 0.0576. The molecule has 194 valence electrons. The zero-order valence-electron chi connectivity index (χ0n) is 21.1. The second-order valence-electron chi connectivity index (χ2n) is 9.16. The van der Waals surface area contributed by atoms with Crippen molar-refractivity contribution in [1.82, 2.24) is 10.6 Å². The molecule has 0 saturated heterocycles. The Hall–Kier alpha value is -3.88. The molecule has 9 nitrogen and oxygen atoms in total. The summed E-state index contributed by atoms with van der Waals surface area (Å²) in [5.41, 5.74) is 0.852. The number of esters is 2. The van der Waals surface area contributed by atoms with E-state index in [2.05, 4.69) is 10.6 Å². The molecule has 0 saturated carbocycles. The molecule has 0 aliphatic heterocycles. The molecule has 0 fully saturated rings. The van der Waals surface area contributed by atoms with Gasteiger partial charge in [-0.05, 0) is 38.3 Å². The predicted octanol–water partition coefficient (Wildman–Crippen LogP) is 3.30. The van der Waals surface area contributed by atoms with Crippen LogP contribution in [0.1, 0.15) is 44.7 Å². The van der Waals surface area contributed by atoms with Crippen molar-refractivity contribution in [1.29, 1.82) is 0 Å². The van der Waals surface area contributed by atoms with E-state index in [0.717, 1.165) is 11.1 Å². The van der Waals surface area contributed by atoms with Crippen LogP contribution in [0.15, 0.2) is 60.7 Å². The van der Waals surface area contributed by atoms with E-state index in [1.165, 1.54) is 7.11 Å². The number of amides is 2. The van der Waals surface area contributed by atoms with Gasteiger partial charge in [-0.3, -0.25) is 9.59 Å². The lowest BCUT2D eigenvalue weighted by atomic mass is 10.0. The van der Waals surface area contributed by atoms with Crippen molar-refractivity contribution in [2.75, 3.05) is 7.11 Å². The monoisotopic (exact) mass is 498 g/mol. The van der Waals surface area contributed by atoms with Crippen molar-refractivity contribution >= 4 is 23.9 Å². The van der Waals surface area contributed by atoms with E-state index in [1.54, 1.807) is 20.8 Å². The van der Waals surface area contributed by atoms with Crippen molar-refractivity contribution in [3.05, 3.63) is 71.8 Å². The quantitative estimate of drug-likeness (QED) is 0.360. The summed E-state index contributed by atoms with van der Waals surface area (Å²) in [6.07, 6.45) is -0.824. The van der Waals surface area contributed by atoms with E-state index in [1.807, 2.05) is 60.7 Å². The predicted molar refractivity (Wildman–Crippen MR) is 133 cm³/mol. The van der Waals surface area contributed by atoms with Crippen LogP contribution in [0.4, 0.5) is 4.79 Å². The smallest absolute Gasteiger partial charge is 0.408 e. The van der Waals surface area contributed by atoms with Crippen molar-refractivity contribution in [2.24, 2.45) is 0 Å². The summed E-state index contributed by atoms with van der Waals surface area (Å²) in [6.45, 7) is 5.17. The standard InChI is InChI=1S/C27H34N2O7/c1-27(2,3)36-26(33)29-21(15-16-23(30)35-18-20-13-9-6-10-14-20)24(31)28-22(25(32)34-4)17-19-11-7-5-8-12-19/h5-14,21-22H,15-18H2,1-4H3,(H,28,31)(H,29,33)/t21-,22-/m0/s1.